The number of hydrogen-bond acceptors (Lipinski definition) is 12. The fourth-order valence-corrected chi connectivity index (χ4v) is 9.67. The van der Waals surface area contributed by atoms with E-state index in [9.17, 15) is 19.2 Å². The van der Waals surface area contributed by atoms with Gasteiger partial charge in [-0.3, -0.25) is 38.7 Å². The van der Waals surface area contributed by atoms with E-state index in [0.717, 1.165) is 100 Å². The van der Waals surface area contributed by atoms with Crippen molar-refractivity contribution in [3.8, 4) is 0 Å². The van der Waals surface area contributed by atoms with Crippen LogP contribution in [0.25, 0.3) is 21.9 Å². The summed E-state index contributed by atoms with van der Waals surface area (Å²) in [5.74, 6) is 1.07. The number of nitrogens with zero attached hydrogens (tertiary/aromatic N) is 10. The van der Waals surface area contributed by atoms with E-state index in [0.29, 0.717) is 46.8 Å². The summed E-state index contributed by atoms with van der Waals surface area (Å²) >= 11 is 0. The molecule has 5 aromatic rings. The van der Waals surface area contributed by atoms with Crippen LogP contribution in [0.15, 0.2) is 41.5 Å². The van der Waals surface area contributed by atoms with Gasteiger partial charge in [-0.05, 0) is 75.8 Å². The van der Waals surface area contributed by atoms with Crippen molar-refractivity contribution in [1.82, 2.24) is 39.5 Å². The minimum absolute atomic E-state index is 0.0157. The maximum atomic E-state index is 13.6. The van der Waals surface area contributed by atoms with Crippen molar-refractivity contribution in [1.29, 1.82) is 0 Å². The summed E-state index contributed by atoms with van der Waals surface area (Å²) in [7, 11) is 1.93. The van der Waals surface area contributed by atoms with Gasteiger partial charge in [0.1, 0.15) is 11.5 Å². The number of anilines is 5. The van der Waals surface area contributed by atoms with E-state index >= 15 is 0 Å². The molecule has 58 heavy (non-hydrogen) atoms. The highest BCUT2D eigenvalue weighted by atomic mass is 16.2. The van der Waals surface area contributed by atoms with Gasteiger partial charge < -0.3 is 15.1 Å². The number of fused-ring (bicyclic) bond motifs is 2. The number of nitrogens with one attached hydrogen (secondary N) is 2. The number of benzene rings is 1. The molecule has 16 heteroatoms. The number of pyridine rings is 2. The Labute approximate surface area is 336 Å². The first-order valence-electron chi connectivity index (χ1n) is 20.5. The summed E-state index contributed by atoms with van der Waals surface area (Å²) in [6, 6.07) is 8.26. The fraction of sp³-hybridized carbons (Fsp3) is 0.476. The van der Waals surface area contributed by atoms with E-state index in [1.54, 1.807) is 22.6 Å². The lowest BCUT2D eigenvalue weighted by Gasteiger charge is -2.44. The largest absolute Gasteiger partial charge is 0.370 e. The zero-order chi connectivity index (χ0) is 40.2. The molecule has 0 bridgehead atoms. The van der Waals surface area contributed by atoms with E-state index < -0.39 is 6.03 Å². The van der Waals surface area contributed by atoms with Gasteiger partial charge in [-0.1, -0.05) is 18.9 Å². The molecule has 302 valence electrons. The number of piperazine rings is 1. The number of aromatic nitrogens is 6. The van der Waals surface area contributed by atoms with Crippen LogP contribution in [-0.2, 0) is 11.8 Å². The van der Waals surface area contributed by atoms with Crippen LogP contribution in [0.2, 0.25) is 0 Å². The highest BCUT2D eigenvalue weighted by molar-refractivity contribution is 6.10. The van der Waals surface area contributed by atoms with E-state index in [2.05, 4.69) is 49.4 Å². The van der Waals surface area contributed by atoms with Crippen molar-refractivity contribution in [2.75, 3.05) is 65.8 Å². The molecule has 4 aliphatic rings. The van der Waals surface area contributed by atoms with Gasteiger partial charge in [-0.2, -0.15) is 10.1 Å². The van der Waals surface area contributed by atoms with Crippen LogP contribution in [0.5, 0.6) is 0 Å². The number of aryl methyl sites for hydroxylation is 3. The van der Waals surface area contributed by atoms with Gasteiger partial charge in [0.25, 0.3) is 5.56 Å². The van der Waals surface area contributed by atoms with Crippen molar-refractivity contribution in [3.05, 3.63) is 63.7 Å². The number of ketones is 1. The number of Topliss-reactive ketones (excluding diaryl/α,β-unsaturated/α-hetero) is 1. The Balaban J connectivity index is 0.831. The molecule has 0 unspecified atom stereocenters. The number of amides is 3. The number of rotatable bonds is 8. The van der Waals surface area contributed by atoms with E-state index in [1.165, 1.54) is 12.5 Å². The van der Waals surface area contributed by atoms with Gasteiger partial charge in [-0.25, -0.2) is 14.8 Å². The molecular formula is C42H50N12O4. The molecular weight excluding hydrogens is 737 g/mol. The molecule has 0 radical (unpaired) electrons. The van der Waals surface area contributed by atoms with Crippen LogP contribution in [0.4, 0.5) is 33.8 Å². The highest BCUT2D eigenvalue weighted by Gasteiger charge is 2.32. The average molecular weight is 787 g/mol. The summed E-state index contributed by atoms with van der Waals surface area (Å²) in [4.78, 5) is 73.7. The van der Waals surface area contributed by atoms with Crippen LogP contribution in [0.1, 0.15) is 79.4 Å². The zero-order valence-electron chi connectivity index (χ0n) is 33.6. The Morgan fingerprint density at radius 3 is 2.28 bits per heavy atom. The van der Waals surface area contributed by atoms with Gasteiger partial charge in [0.05, 0.1) is 28.7 Å². The number of carbonyl (C=O) groups excluding carboxylic acids is 3. The standard InChI is InChI=1S/C42H50N12O4/c1-25-9-11-31-37(49(4)48-39(31)53-18-15-34(56)46-42(53)58)36(25)52-21-19-51(20-22-52)28-13-16-50(17-14-28)30-10-12-33(43-23-30)45-41-44-24-32-26(2)35(27(3)55)40(57)54(38(32)47-41)29-7-5-6-8-29/h9-12,23-24,28-29H,5-8,13-22H2,1-4H3,(H,46,56,58)(H,43,44,45,47). The van der Waals surface area contributed by atoms with Crippen LogP contribution >= 0.6 is 0 Å². The number of hydrogen-bond donors (Lipinski definition) is 2. The SMILES string of the molecule is CC(=O)c1c(C)c2cnc(Nc3ccc(N4CCC(N5CCN(c6c(C)ccc7c(N8CCC(=O)NC8=O)nn(C)c67)CC5)CC4)cn3)nc2n(C2CCCC2)c1=O. The molecule has 3 amide bonds. The molecule has 0 atom stereocenters. The summed E-state index contributed by atoms with van der Waals surface area (Å²) in [5.41, 5.74) is 5.54. The van der Waals surface area contributed by atoms with Crippen LogP contribution < -0.4 is 30.9 Å². The molecule has 1 saturated carbocycles. The second-order valence-electron chi connectivity index (χ2n) is 16.2. The molecule has 7 heterocycles. The Morgan fingerprint density at radius 2 is 1.59 bits per heavy atom. The van der Waals surface area contributed by atoms with Gasteiger partial charge in [-0.15, -0.1) is 0 Å². The Morgan fingerprint density at radius 1 is 0.828 bits per heavy atom. The molecule has 3 saturated heterocycles. The molecule has 16 nitrogen and oxygen atoms in total. The molecule has 4 aromatic heterocycles. The van der Waals surface area contributed by atoms with Crippen LogP contribution in [0.3, 0.4) is 0 Å². The minimum Gasteiger partial charge on any atom is -0.370 e. The van der Waals surface area contributed by atoms with Gasteiger partial charge in [0.15, 0.2) is 11.6 Å². The number of urea groups is 1. The minimum atomic E-state index is -0.425. The maximum Gasteiger partial charge on any atom is 0.329 e. The van der Waals surface area contributed by atoms with E-state index in [1.807, 2.05) is 30.1 Å². The van der Waals surface area contributed by atoms with E-state index in [4.69, 9.17) is 15.1 Å². The summed E-state index contributed by atoms with van der Waals surface area (Å²) in [6.45, 7) is 11.3. The molecule has 0 spiro atoms. The maximum absolute atomic E-state index is 13.6. The normalized spacial score (nSPS) is 18.8. The number of piperidine rings is 1. The predicted molar refractivity (Wildman–Crippen MR) is 224 cm³/mol. The molecule has 3 aliphatic heterocycles. The van der Waals surface area contributed by atoms with Gasteiger partial charge in [0.2, 0.25) is 11.9 Å². The second kappa shape index (κ2) is 15.1. The monoisotopic (exact) mass is 786 g/mol. The quantitative estimate of drug-likeness (QED) is 0.203. The van der Waals surface area contributed by atoms with Crippen LogP contribution in [0, 0.1) is 13.8 Å². The van der Waals surface area contributed by atoms with Crippen molar-refractivity contribution in [3.63, 3.8) is 0 Å². The summed E-state index contributed by atoms with van der Waals surface area (Å²) in [6.07, 6.45) is 9.86. The van der Waals surface area contributed by atoms with Gasteiger partial charge in [0, 0.05) is 88.3 Å². The first-order valence-corrected chi connectivity index (χ1v) is 20.5. The smallest absolute Gasteiger partial charge is 0.329 e. The van der Waals surface area contributed by atoms with Crippen molar-refractivity contribution in [2.24, 2.45) is 7.05 Å². The topological polar surface area (TPSA) is 167 Å². The molecule has 1 aliphatic carbocycles. The third-order valence-corrected chi connectivity index (χ3v) is 12.7. The predicted octanol–water partition coefficient (Wildman–Crippen LogP) is 4.99. The molecule has 9 rings (SSSR count). The lowest BCUT2D eigenvalue weighted by atomic mass is 10.0. The number of imide groups is 1. The Hall–Kier alpha value is -5.90. The Bertz CT molecular complexity index is 2490. The second-order valence-corrected chi connectivity index (χ2v) is 16.2. The van der Waals surface area contributed by atoms with Gasteiger partial charge >= 0.3 is 6.03 Å². The molecule has 4 fully saturated rings. The van der Waals surface area contributed by atoms with E-state index in [-0.39, 0.29) is 35.3 Å². The third kappa shape index (κ3) is 6.72. The first-order chi connectivity index (χ1) is 28.0. The zero-order valence-corrected chi connectivity index (χ0v) is 33.6. The van der Waals surface area contributed by atoms with Crippen molar-refractivity contribution >= 4 is 68.6 Å². The summed E-state index contributed by atoms with van der Waals surface area (Å²) in [5, 5.41) is 12.1. The van der Waals surface area contributed by atoms with Crippen molar-refractivity contribution in [2.45, 2.75) is 77.8 Å². The molecule has 2 N–H and O–H groups in total. The lowest BCUT2D eigenvalue weighted by molar-refractivity contribution is -0.120. The lowest BCUT2D eigenvalue weighted by Crippen LogP contribution is -2.53. The van der Waals surface area contributed by atoms with Crippen LogP contribution in [-0.4, -0.2) is 104 Å². The highest BCUT2D eigenvalue weighted by Crippen LogP contribution is 2.37. The first kappa shape index (κ1) is 37.7. The van der Waals surface area contributed by atoms with Crippen molar-refractivity contribution < 1.29 is 14.4 Å². The molecule has 1 aromatic carbocycles. The Kier molecular flexibility index (Phi) is 9.82. The number of carbonyl (C=O) groups is 3. The third-order valence-electron chi connectivity index (χ3n) is 12.7. The average Bonchev–Trinajstić information content (AvgIpc) is 3.86. The fourth-order valence-electron chi connectivity index (χ4n) is 9.67. The summed E-state index contributed by atoms with van der Waals surface area (Å²) < 4.78 is 3.60.